The average Bonchev–Trinajstić information content (AvgIpc) is 3.63. The van der Waals surface area contributed by atoms with Crippen LogP contribution in [0.1, 0.15) is 101 Å². The van der Waals surface area contributed by atoms with E-state index in [9.17, 15) is 14.4 Å². The van der Waals surface area contributed by atoms with Crippen LogP contribution in [0.15, 0.2) is 24.3 Å². The van der Waals surface area contributed by atoms with Gasteiger partial charge >= 0.3 is 11.9 Å². The van der Waals surface area contributed by atoms with Crippen molar-refractivity contribution in [1.82, 2.24) is 0 Å². The van der Waals surface area contributed by atoms with E-state index < -0.39 is 17.4 Å². The van der Waals surface area contributed by atoms with Crippen molar-refractivity contribution in [2.75, 3.05) is 13.2 Å². The first-order valence-corrected chi connectivity index (χ1v) is 12.0. The quantitative estimate of drug-likeness (QED) is 0.153. The van der Waals surface area contributed by atoms with Crippen molar-refractivity contribution in [3.8, 4) is 0 Å². The van der Waals surface area contributed by atoms with Crippen LogP contribution in [0.2, 0.25) is 0 Å². The summed E-state index contributed by atoms with van der Waals surface area (Å²) in [6, 6.07) is 6.92. The number of unbranched alkanes of at least 4 members (excludes halogenated alkanes) is 4. The van der Waals surface area contributed by atoms with E-state index in [4.69, 9.17) is 9.47 Å². The number of benzene rings is 1. The molecular weight excluding hydrogens is 392 g/mol. The zero-order valence-electron chi connectivity index (χ0n) is 19.4. The highest BCUT2D eigenvalue weighted by Crippen LogP contribution is 2.36. The van der Waals surface area contributed by atoms with Crippen molar-refractivity contribution in [3.63, 3.8) is 0 Å². The maximum atomic E-state index is 13.3. The Morgan fingerprint density at radius 1 is 0.806 bits per heavy atom. The molecule has 0 aromatic heterocycles. The minimum absolute atomic E-state index is 0.123. The Balaban J connectivity index is 2.29. The molecule has 5 heteroatoms. The van der Waals surface area contributed by atoms with E-state index in [1.165, 1.54) is 0 Å². The second kappa shape index (κ2) is 12.6. The molecule has 1 aliphatic carbocycles. The molecule has 0 saturated heterocycles. The molecule has 31 heavy (non-hydrogen) atoms. The highest BCUT2D eigenvalue weighted by atomic mass is 16.6. The van der Waals surface area contributed by atoms with Crippen molar-refractivity contribution >= 4 is 17.7 Å². The van der Waals surface area contributed by atoms with Crippen molar-refractivity contribution in [2.24, 2.45) is 5.92 Å². The van der Waals surface area contributed by atoms with Gasteiger partial charge in [0.2, 0.25) is 0 Å². The molecule has 1 aromatic rings. The van der Waals surface area contributed by atoms with E-state index >= 15 is 0 Å². The van der Waals surface area contributed by atoms with Crippen LogP contribution in [-0.2, 0) is 24.5 Å². The molecule has 0 heterocycles. The molecule has 0 N–H and O–H groups in total. The highest BCUT2D eigenvalue weighted by molar-refractivity contribution is 6.06. The number of rotatable bonds is 15. The molecule has 1 aromatic carbocycles. The minimum atomic E-state index is -1.49. The Bertz CT molecular complexity index is 694. The summed E-state index contributed by atoms with van der Waals surface area (Å²) in [5, 5.41) is 0. The number of carbonyl (C=O) groups is 3. The van der Waals surface area contributed by atoms with Crippen LogP contribution in [0.25, 0.3) is 0 Å². The van der Waals surface area contributed by atoms with E-state index in [0.29, 0.717) is 37.2 Å². The maximum Gasteiger partial charge on any atom is 0.328 e. The van der Waals surface area contributed by atoms with Gasteiger partial charge in [-0.15, -0.1) is 0 Å². The summed E-state index contributed by atoms with van der Waals surface area (Å²) in [6.07, 6.45) is 8.32. The Morgan fingerprint density at radius 3 is 1.74 bits per heavy atom. The van der Waals surface area contributed by atoms with Crippen molar-refractivity contribution in [1.29, 1.82) is 0 Å². The summed E-state index contributed by atoms with van der Waals surface area (Å²) in [6.45, 7) is 6.69. The SMILES string of the molecule is CCCCCOC(=O)C(CCC)(C(=O)OCCCCC)c1ccc(C(=O)C2CC2)cc1. The molecule has 5 nitrogen and oxygen atoms in total. The third-order valence-corrected chi connectivity index (χ3v) is 5.89. The van der Waals surface area contributed by atoms with E-state index in [0.717, 1.165) is 51.4 Å². The molecule has 0 amide bonds. The fraction of sp³-hybridized carbons (Fsp3) is 0.654. The lowest BCUT2D eigenvalue weighted by Gasteiger charge is -2.30. The van der Waals surface area contributed by atoms with Crippen molar-refractivity contribution in [2.45, 2.75) is 90.4 Å². The number of ether oxygens (including phenoxy) is 2. The summed E-state index contributed by atoms with van der Waals surface area (Å²) in [5.41, 5.74) is -0.319. The third-order valence-electron chi connectivity index (χ3n) is 5.89. The smallest absolute Gasteiger partial charge is 0.328 e. The molecule has 1 fully saturated rings. The lowest BCUT2D eigenvalue weighted by Crippen LogP contribution is -2.46. The lowest BCUT2D eigenvalue weighted by atomic mass is 9.76. The van der Waals surface area contributed by atoms with Gasteiger partial charge in [0, 0.05) is 11.5 Å². The van der Waals surface area contributed by atoms with E-state index in [1.54, 1.807) is 24.3 Å². The average molecular weight is 431 g/mol. The Hall–Kier alpha value is -2.17. The molecule has 0 spiro atoms. The molecule has 0 bridgehead atoms. The van der Waals surface area contributed by atoms with Crippen LogP contribution in [-0.4, -0.2) is 30.9 Å². The number of esters is 2. The van der Waals surface area contributed by atoms with Gasteiger partial charge in [-0.05, 0) is 37.7 Å². The fourth-order valence-electron chi connectivity index (χ4n) is 3.82. The summed E-state index contributed by atoms with van der Waals surface area (Å²) in [5.74, 6) is -0.838. The summed E-state index contributed by atoms with van der Waals surface area (Å²) in [7, 11) is 0. The van der Waals surface area contributed by atoms with Crippen LogP contribution in [0.3, 0.4) is 0 Å². The van der Waals surface area contributed by atoms with Crippen LogP contribution in [0.4, 0.5) is 0 Å². The summed E-state index contributed by atoms with van der Waals surface area (Å²) >= 11 is 0. The lowest BCUT2D eigenvalue weighted by molar-refractivity contribution is -0.166. The fourth-order valence-corrected chi connectivity index (χ4v) is 3.82. The summed E-state index contributed by atoms with van der Waals surface area (Å²) in [4.78, 5) is 39.0. The van der Waals surface area contributed by atoms with E-state index in [2.05, 4.69) is 13.8 Å². The topological polar surface area (TPSA) is 69.7 Å². The van der Waals surface area contributed by atoms with Crippen LogP contribution in [0, 0.1) is 5.92 Å². The second-order valence-corrected chi connectivity index (χ2v) is 8.56. The van der Waals surface area contributed by atoms with Gasteiger partial charge in [-0.2, -0.15) is 0 Å². The third kappa shape index (κ3) is 6.65. The zero-order chi connectivity index (χ0) is 22.7. The van der Waals surface area contributed by atoms with Gasteiger partial charge in [0.1, 0.15) is 0 Å². The standard InChI is InChI=1S/C26H38O5/c1-4-7-9-18-30-24(28)26(17-6-3,25(29)31-19-10-8-5-2)22-15-13-21(14-16-22)23(27)20-11-12-20/h13-16,20H,4-12,17-19H2,1-3H3. The van der Waals surface area contributed by atoms with Crippen LogP contribution < -0.4 is 0 Å². The highest BCUT2D eigenvalue weighted by Gasteiger charge is 2.50. The number of hydrogen-bond acceptors (Lipinski definition) is 5. The van der Waals surface area contributed by atoms with Crippen LogP contribution in [0.5, 0.6) is 0 Å². The molecule has 2 rings (SSSR count). The predicted octanol–water partition coefficient (Wildman–Crippen LogP) is 5.78. The zero-order valence-corrected chi connectivity index (χ0v) is 19.4. The van der Waals surface area contributed by atoms with Crippen molar-refractivity contribution in [3.05, 3.63) is 35.4 Å². The monoisotopic (exact) mass is 430 g/mol. The van der Waals surface area contributed by atoms with Gasteiger partial charge in [0.05, 0.1) is 13.2 Å². The van der Waals surface area contributed by atoms with Crippen molar-refractivity contribution < 1.29 is 23.9 Å². The molecular formula is C26H38O5. The van der Waals surface area contributed by atoms with Gasteiger partial charge in [-0.25, -0.2) is 0 Å². The van der Waals surface area contributed by atoms with E-state index in [1.807, 2.05) is 6.92 Å². The first kappa shape index (κ1) is 25.1. The molecule has 0 unspecified atom stereocenters. The number of carbonyl (C=O) groups excluding carboxylic acids is 3. The summed E-state index contributed by atoms with van der Waals surface area (Å²) < 4.78 is 11.2. The van der Waals surface area contributed by atoms with Gasteiger partial charge in [-0.1, -0.05) is 77.1 Å². The molecule has 0 atom stereocenters. The molecule has 1 saturated carbocycles. The van der Waals surface area contributed by atoms with Gasteiger partial charge in [0.25, 0.3) is 0 Å². The van der Waals surface area contributed by atoms with E-state index in [-0.39, 0.29) is 11.7 Å². The van der Waals surface area contributed by atoms with Gasteiger partial charge in [0.15, 0.2) is 11.2 Å². The predicted molar refractivity (Wildman–Crippen MR) is 121 cm³/mol. The Labute approximate surface area is 186 Å². The number of hydrogen-bond donors (Lipinski definition) is 0. The second-order valence-electron chi connectivity index (χ2n) is 8.56. The molecule has 0 aliphatic heterocycles. The maximum absolute atomic E-state index is 13.3. The van der Waals surface area contributed by atoms with Crippen LogP contribution >= 0.6 is 0 Å². The number of ketones is 1. The molecule has 1 aliphatic rings. The first-order chi connectivity index (χ1) is 15.0. The van der Waals surface area contributed by atoms with Gasteiger partial charge in [-0.3, -0.25) is 14.4 Å². The minimum Gasteiger partial charge on any atom is -0.465 e. The largest absolute Gasteiger partial charge is 0.465 e. The molecule has 172 valence electrons. The normalized spacial score (nSPS) is 13.6. The Morgan fingerprint density at radius 2 is 1.32 bits per heavy atom. The Kier molecular flexibility index (Phi) is 10.2. The molecule has 0 radical (unpaired) electrons. The first-order valence-electron chi connectivity index (χ1n) is 12.0. The van der Waals surface area contributed by atoms with Gasteiger partial charge < -0.3 is 9.47 Å². The number of Topliss-reactive ketones (excluding diaryl/α,β-unsaturated/α-hetero) is 1.